The van der Waals surface area contributed by atoms with Gasteiger partial charge in [0.1, 0.15) is 0 Å². The smallest absolute Gasteiger partial charge is 0.253 e. The molecule has 0 atom stereocenters. The van der Waals surface area contributed by atoms with E-state index in [9.17, 15) is 9.59 Å². The first kappa shape index (κ1) is 18.1. The quantitative estimate of drug-likeness (QED) is 0.746. The lowest BCUT2D eigenvalue weighted by atomic mass is 10.1. The van der Waals surface area contributed by atoms with E-state index in [0.717, 1.165) is 42.2 Å². The number of hydrogen-bond donors (Lipinski definition) is 1. The van der Waals surface area contributed by atoms with Crippen molar-refractivity contribution in [3.8, 4) is 0 Å². The molecule has 0 unspecified atom stereocenters. The Labute approximate surface area is 163 Å². The summed E-state index contributed by atoms with van der Waals surface area (Å²) < 4.78 is 2.16. The first-order valence-corrected chi connectivity index (χ1v) is 10.5. The highest BCUT2D eigenvalue weighted by Gasteiger charge is 2.25. The Balaban J connectivity index is 1.23. The summed E-state index contributed by atoms with van der Waals surface area (Å²) in [5.41, 5.74) is 1.71. The van der Waals surface area contributed by atoms with Gasteiger partial charge < -0.3 is 14.8 Å². The molecule has 1 aliphatic heterocycles. The van der Waals surface area contributed by atoms with Crippen molar-refractivity contribution in [2.45, 2.75) is 43.4 Å². The van der Waals surface area contributed by atoms with Crippen LogP contribution in [-0.2, 0) is 11.3 Å². The molecule has 0 radical (unpaired) electrons. The van der Waals surface area contributed by atoms with Crippen LogP contribution in [0.5, 0.6) is 0 Å². The Kier molecular flexibility index (Phi) is 5.48. The summed E-state index contributed by atoms with van der Waals surface area (Å²) in [5, 5.41) is 3.85. The predicted octanol–water partition coefficient (Wildman–Crippen LogP) is 2.86. The minimum atomic E-state index is -0.0115. The largest absolute Gasteiger partial charge is 0.351 e. The molecular weight excluding hydrogens is 360 g/mol. The Morgan fingerprint density at radius 1 is 1.15 bits per heavy atom. The fraction of sp³-hybridized carbons (Fsp3) is 0.450. The van der Waals surface area contributed by atoms with E-state index in [0.29, 0.717) is 18.3 Å². The van der Waals surface area contributed by atoms with Crippen molar-refractivity contribution >= 4 is 23.6 Å². The first-order chi connectivity index (χ1) is 13.2. The Bertz CT molecular complexity index is 808. The van der Waals surface area contributed by atoms with E-state index >= 15 is 0 Å². The lowest BCUT2D eigenvalue weighted by Gasteiger charge is -2.15. The molecule has 1 N–H and O–H groups in total. The van der Waals surface area contributed by atoms with Crippen LogP contribution in [0.2, 0.25) is 0 Å². The van der Waals surface area contributed by atoms with Gasteiger partial charge in [-0.25, -0.2) is 4.98 Å². The van der Waals surface area contributed by atoms with Crippen molar-refractivity contribution < 1.29 is 9.59 Å². The summed E-state index contributed by atoms with van der Waals surface area (Å²) in [4.78, 5) is 30.7. The van der Waals surface area contributed by atoms with Crippen LogP contribution < -0.4 is 5.32 Å². The number of carbonyl (C=O) groups is 2. The summed E-state index contributed by atoms with van der Waals surface area (Å²) >= 11 is 1.48. The first-order valence-electron chi connectivity index (χ1n) is 9.51. The number of rotatable bonds is 7. The number of amides is 2. The van der Waals surface area contributed by atoms with Gasteiger partial charge in [-0.1, -0.05) is 23.9 Å². The molecule has 7 heteroatoms. The van der Waals surface area contributed by atoms with Crippen molar-refractivity contribution in [2.24, 2.45) is 0 Å². The van der Waals surface area contributed by atoms with Crippen LogP contribution in [0, 0.1) is 0 Å². The van der Waals surface area contributed by atoms with E-state index in [1.807, 2.05) is 35.4 Å². The number of likely N-dealkylation sites (tertiary alicyclic amines) is 1. The highest BCUT2D eigenvalue weighted by Crippen LogP contribution is 2.37. The molecule has 2 heterocycles. The van der Waals surface area contributed by atoms with E-state index in [4.69, 9.17) is 0 Å². The molecule has 6 nitrogen and oxygen atoms in total. The number of benzene rings is 1. The average molecular weight is 385 g/mol. The molecule has 1 saturated carbocycles. The van der Waals surface area contributed by atoms with Crippen molar-refractivity contribution in [3.63, 3.8) is 0 Å². The second-order valence-corrected chi connectivity index (χ2v) is 8.05. The van der Waals surface area contributed by atoms with Gasteiger partial charge >= 0.3 is 0 Å². The molecule has 1 saturated heterocycles. The molecule has 0 bridgehead atoms. The molecule has 27 heavy (non-hydrogen) atoms. The second-order valence-electron chi connectivity index (χ2n) is 7.11. The van der Waals surface area contributed by atoms with E-state index < -0.39 is 0 Å². The minimum absolute atomic E-state index is 0.0115. The summed E-state index contributed by atoms with van der Waals surface area (Å²) in [6.07, 6.45) is 8.37. The van der Waals surface area contributed by atoms with Crippen LogP contribution in [0.25, 0.3) is 0 Å². The summed E-state index contributed by atoms with van der Waals surface area (Å²) in [6.45, 7) is 2.18. The number of thioether (sulfide) groups is 1. The van der Waals surface area contributed by atoms with Crippen LogP contribution in [0.1, 0.15) is 47.6 Å². The van der Waals surface area contributed by atoms with Gasteiger partial charge in [-0.3, -0.25) is 9.59 Å². The van der Waals surface area contributed by atoms with Gasteiger partial charge in [0.05, 0.1) is 5.75 Å². The molecule has 2 amide bonds. The van der Waals surface area contributed by atoms with Crippen LogP contribution in [0.15, 0.2) is 41.8 Å². The number of hydrogen-bond acceptors (Lipinski definition) is 4. The minimum Gasteiger partial charge on any atom is -0.351 e. The predicted molar refractivity (Wildman–Crippen MR) is 105 cm³/mol. The molecular formula is C20H24N4O2S. The van der Waals surface area contributed by atoms with Crippen molar-refractivity contribution in [1.82, 2.24) is 19.8 Å². The SMILES string of the molecule is O=C(CSc1nccn1C1CC1)NCc1ccc(C(=O)N2CCCC2)cc1. The standard InChI is InChI=1S/C20H24N4O2S/c25-18(14-27-20-21-9-12-24(20)17-7-8-17)22-13-15-3-5-16(6-4-15)19(26)23-10-1-2-11-23/h3-6,9,12,17H,1-2,7-8,10-11,13-14H2,(H,22,25). The maximum Gasteiger partial charge on any atom is 0.253 e. The zero-order chi connectivity index (χ0) is 18.6. The monoisotopic (exact) mass is 384 g/mol. The highest BCUT2D eigenvalue weighted by molar-refractivity contribution is 7.99. The molecule has 142 valence electrons. The third kappa shape index (κ3) is 4.53. The molecule has 2 fully saturated rings. The Morgan fingerprint density at radius 2 is 1.89 bits per heavy atom. The lowest BCUT2D eigenvalue weighted by molar-refractivity contribution is -0.118. The van der Waals surface area contributed by atoms with Gasteiger partial charge in [0.2, 0.25) is 5.91 Å². The van der Waals surface area contributed by atoms with Crippen LogP contribution in [0.3, 0.4) is 0 Å². The average Bonchev–Trinajstić information content (AvgIpc) is 3.20. The summed E-state index contributed by atoms with van der Waals surface area (Å²) in [7, 11) is 0. The van der Waals surface area contributed by atoms with Gasteiger partial charge in [-0.15, -0.1) is 0 Å². The highest BCUT2D eigenvalue weighted by atomic mass is 32.2. The third-order valence-electron chi connectivity index (χ3n) is 4.99. The van der Waals surface area contributed by atoms with Crippen molar-refractivity contribution in [2.75, 3.05) is 18.8 Å². The molecule has 1 aromatic carbocycles. The van der Waals surface area contributed by atoms with Crippen LogP contribution in [0.4, 0.5) is 0 Å². The van der Waals surface area contributed by atoms with Crippen molar-refractivity contribution in [3.05, 3.63) is 47.8 Å². The Hall–Kier alpha value is -2.28. The molecule has 1 aliphatic carbocycles. The van der Waals surface area contributed by atoms with Gasteiger partial charge in [-0.2, -0.15) is 0 Å². The number of carbonyl (C=O) groups excluding carboxylic acids is 2. The van der Waals surface area contributed by atoms with Gasteiger partial charge in [0.25, 0.3) is 5.91 Å². The molecule has 1 aromatic heterocycles. The van der Waals surface area contributed by atoms with E-state index in [1.165, 1.54) is 24.6 Å². The number of nitrogens with one attached hydrogen (secondary N) is 1. The van der Waals surface area contributed by atoms with Gasteiger partial charge in [0.15, 0.2) is 5.16 Å². The maximum absolute atomic E-state index is 12.3. The fourth-order valence-electron chi connectivity index (χ4n) is 3.29. The number of aromatic nitrogens is 2. The third-order valence-corrected chi connectivity index (χ3v) is 5.97. The Morgan fingerprint density at radius 3 is 2.59 bits per heavy atom. The maximum atomic E-state index is 12.3. The molecule has 2 aliphatic rings. The molecule has 2 aromatic rings. The lowest BCUT2D eigenvalue weighted by Crippen LogP contribution is -2.27. The van der Waals surface area contributed by atoms with Crippen LogP contribution >= 0.6 is 11.8 Å². The second kappa shape index (κ2) is 8.17. The fourth-order valence-corrected chi connectivity index (χ4v) is 4.15. The number of nitrogens with zero attached hydrogens (tertiary/aromatic N) is 3. The van der Waals surface area contributed by atoms with Crippen LogP contribution in [-0.4, -0.2) is 45.1 Å². The molecule has 0 spiro atoms. The van der Waals surface area contributed by atoms with Gasteiger partial charge in [0, 0.05) is 43.6 Å². The van der Waals surface area contributed by atoms with Crippen molar-refractivity contribution in [1.29, 1.82) is 0 Å². The zero-order valence-electron chi connectivity index (χ0n) is 15.3. The summed E-state index contributed by atoms with van der Waals surface area (Å²) in [6, 6.07) is 8.10. The topological polar surface area (TPSA) is 67.2 Å². The van der Waals surface area contributed by atoms with E-state index in [1.54, 1.807) is 6.20 Å². The van der Waals surface area contributed by atoms with E-state index in [-0.39, 0.29) is 11.8 Å². The number of imidazole rings is 1. The summed E-state index contributed by atoms with van der Waals surface area (Å²) in [5.74, 6) is 0.447. The normalized spacial score (nSPS) is 16.5. The molecule has 4 rings (SSSR count). The zero-order valence-corrected chi connectivity index (χ0v) is 16.1. The van der Waals surface area contributed by atoms with E-state index in [2.05, 4.69) is 14.9 Å². The van der Waals surface area contributed by atoms with Gasteiger partial charge in [-0.05, 0) is 43.4 Å².